The summed E-state index contributed by atoms with van der Waals surface area (Å²) in [6.45, 7) is 2.05. The quantitative estimate of drug-likeness (QED) is 0.345. The first-order valence-corrected chi connectivity index (χ1v) is 9.43. The van der Waals surface area contributed by atoms with Crippen molar-refractivity contribution in [2.24, 2.45) is 11.5 Å². The molecule has 0 fully saturated rings. The topological polar surface area (TPSA) is 141 Å². The number of primary amides is 2. The van der Waals surface area contributed by atoms with Gasteiger partial charge in [0.15, 0.2) is 0 Å². The number of aromatic hydroxyl groups is 1. The molecule has 0 bridgehead atoms. The normalized spacial score (nSPS) is 11.3. The number of benzene rings is 3. The fourth-order valence-electron chi connectivity index (χ4n) is 3.82. The van der Waals surface area contributed by atoms with E-state index in [0.29, 0.717) is 22.2 Å². The van der Waals surface area contributed by atoms with Crippen LogP contribution in [-0.4, -0.2) is 34.0 Å². The van der Waals surface area contributed by atoms with Crippen molar-refractivity contribution in [2.75, 3.05) is 7.11 Å². The lowest BCUT2D eigenvalue weighted by molar-refractivity contribution is 0.0992. The van der Waals surface area contributed by atoms with Gasteiger partial charge in [0.2, 0.25) is 5.91 Å². The van der Waals surface area contributed by atoms with Gasteiger partial charge in [0.1, 0.15) is 22.6 Å². The summed E-state index contributed by atoms with van der Waals surface area (Å²) in [7, 11) is 1.58. The highest BCUT2D eigenvalue weighted by Gasteiger charge is 2.23. The van der Waals surface area contributed by atoms with Crippen molar-refractivity contribution >= 4 is 44.7 Å². The number of carbonyl (C=O) groups is 2. The lowest BCUT2D eigenvalue weighted by atomic mass is 9.97. The molecule has 5 N–H and O–H groups in total. The molecule has 152 valence electrons. The highest BCUT2D eigenvalue weighted by molar-refractivity contribution is 6.23. The third kappa shape index (κ3) is 2.85. The Morgan fingerprint density at radius 2 is 1.77 bits per heavy atom. The number of nitrogens with two attached hydrogens (primary N) is 2. The Balaban J connectivity index is 2.25. The zero-order valence-corrected chi connectivity index (χ0v) is 16.5. The Labute approximate surface area is 171 Å². The third-order valence-electron chi connectivity index (χ3n) is 5.13. The van der Waals surface area contributed by atoms with E-state index in [2.05, 4.69) is 16.9 Å². The molecule has 1 heterocycles. The minimum atomic E-state index is -0.847. The maximum absolute atomic E-state index is 12.2. The van der Waals surface area contributed by atoms with Gasteiger partial charge in [-0.1, -0.05) is 25.5 Å². The van der Waals surface area contributed by atoms with Crippen LogP contribution in [0, 0.1) is 0 Å². The SMILES string of the molecule is CCCc1cc2nc3c(C(N)=O)c(O)c4cccc(C(N)=O)c4c3nc2cc1OC. The number of carbonyl (C=O) groups excluding carboxylic acids is 2. The number of phenols is 1. The number of methoxy groups -OCH3 is 1. The number of ether oxygens (including phenoxy) is 1. The first-order chi connectivity index (χ1) is 14.4. The Kier molecular flexibility index (Phi) is 4.62. The number of aromatic nitrogens is 2. The van der Waals surface area contributed by atoms with Crippen LogP contribution >= 0.6 is 0 Å². The molecule has 0 atom stereocenters. The predicted octanol–water partition coefficient (Wildman–Crippen LogP) is 2.80. The van der Waals surface area contributed by atoms with Crippen molar-refractivity contribution < 1.29 is 19.4 Å². The molecule has 4 aromatic rings. The van der Waals surface area contributed by atoms with Gasteiger partial charge in [-0.2, -0.15) is 0 Å². The number of hydrogen-bond donors (Lipinski definition) is 3. The van der Waals surface area contributed by atoms with E-state index in [-0.39, 0.29) is 33.3 Å². The monoisotopic (exact) mass is 404 g/mol. The van der Waals surface area contributed by atoms with Gasteiger partial charge in [0, 0.05) is 22.4 Å². The molecule has 4 rings (SSSR count). The van der Waals surface area contributed by atoms with Gasteiger partial charge in [0.05, 0.1) is 23.7 Å². The average Bonchev–Trinajstić information content (AvgIpc) is 2.72. The molecular formula is C22H20N4O4. The standard InChI is InChI=1S/C22H20N4O4/c1-3-5-10-8-13-14(9-15(10)30-2)26-18-16-11(6-4-7-12(16)21(23)28)20(27)17(22(24)29)19(18)25-13/h4,6-9,27H,3,5H2,1-2H3,(H2,23,28)(H2,24,29). The van der Waals surface area contributed by atoms with Crippen molar-refractivity contribution in [2.45, 2.75) is 19.8 Å². The van der Waals surface area contributed by atoms with Crippen LogP contribution in [0.1, 0.15) is 39.6 Å². The molecule has 30 heavy (non-hydrogen) atoms. The Morgan fingerprint density at radius 1 is 1.07 bits per heavy atom. The molecule has 0 aliphatic heterocycles. The van der Waals surface area contributed by atoms with Crippen LogP contribution in [0.2, 0.25) is 0 Å². The Bertz CT molecular complexity index is 1360. The molecule has 0 saturated heterocycles. The molecule has 8 nitrogen and oxygen atoms in total. The molecule has 0 radical (unpaired) electrons. The van der Waals surface area contributed by atoms with E-state index in [9.17, 15) is 14.7 Å². The van der Waals surface area contributed by atoms with Gasteiger partial charge in [-0.15, -0.1) is 0 Å². The second kappa shape index (κ2) is 7.14. The highest BCUT2D eigenvalue weighted by atomic mass is 16.5. The maximum Gasteiger partial charge on any atom is 0.254 e. The first-order valence-electron chi connectivity index (χ1n) is 9.43. The van der Waals surface area contributed by atoms with Gasteiger partial charge < -0.3 is 21.3 Å². The lowest BCUT2D eigenvalue weighted by Crippen LogP contribution is -2.15. The predicted molar refractivity (Wildman–Crippen MR) is 114 cm³/mol. The maximum atomic E-state index is 12.2. The summed E-state index contributed by atoms with van der Waals surface area (Å²) in [6.07, 6.45) is 1.68. The summed E-state index contributed by atoms with van der Waals surface area (Å²) in [5.41, 5.74) is 13.5. The van der Waals surface area contributed by atoms with Gasteiger partial charge >= 0.3 is 0 Å². The fraction of sp³-hybridized carbons (Fsp3) is 0.182. The number of aryl methyl sites for hydroxylation is 1. The smallest absolute Gasteiger partial charge is 0.254 e. The molecule has 0 saturated carbocycles. The Morgan fingerprint density at radius 3 is 2.40 bits per heavy atom. The van der Waals surface area contributed by atoms with Crippen molar-refractivity contribution in [3.8, 4) is 11.5 Å². The average molecular weight is 404 g/mol. The second-order valence-corrected chi connectivity index (χ2v) is 7.00. The van der Waals surface area contributed by atoms with E-state index < -0.39 is 11.8 Å². The van der Waals surface area contributed by atoms with Gasteiger partial charge in [-0.25, -0.2) is 9.97 Å². The summed E-state index contributed by atoms with van der Waals surface area (Å²) < 4.78 is 5.49. The number of fused-ring (bicyclic) bond motifs is 4. The zero-order valence-electron chi connectivity index (χ0n) is 16.5. The molecule has 0 spiro atoms. The van der Waals surface area contributed by atoms with Crippen molar-refractivity contribution in [3.05, 3.63) is 47.0 Å². The lowest BCUT2D eigenvalue weighted by Gasteiger charge is -2.14. The number of nitrogens with zero attached hydrogens (tertiary/aromatic N) is 2. The molecule has 0 aliphatic rings. The minimum Gasteiger partial charge on any atom is -0.506 e. The number of amides is 2. The van der Waals surface area contributed by atoms with Gasteiger partial charge in [-0.05, 0) is 24.1 Å². The van der Waals surface area contributed by atoms with Crippen molar-refractivity contribution in [1.82, 2.24) is 9.97 Å². The summed E-state index contributed by atoms with van der Waals surface area (Å²) in [6, 6.07) is 8.27. The van der Waals surface area contributed by atoms with Gasteiger partial charge in [-0.3, -0.25) is 9.59 Å². The highest BCUT2D eigenvalue weighted by Crippen LogP contribution is 2.38. The van der Waals surface area contributed by atoms with Crippen molar-refractivity contribution in [3.63, 3.8) is 0 Å². The summed E-state index contributed by atoms with van der Waals surface area (Å²) in [4.78, 5) is 33.5. The minimum absolute atomic E-state index is 0.112. The van der Waals surface area contributed by atoms with Crippen LogP contribution in [0.15, 0.2) is 30.3 Å². The van der Waals surface area contributed by atoms with Crippen LogP contribution in [0.3, 0.4) is 0 Å². The number of hydrogen-bond acceptors (Lipinski definition) is 6. The van der Waals surface area contributed by atoms with Gasteiger partial charge in [0.25, 0.3) is 5.91 Å². The molecule has 8 heteroatoms. The van der Waals surface area contributed by atoms with E-state index >= 15 is 0 Å². The van der Waals surface area contributed by atoms with Crippen LogP contribution in [0.4, 0.5) is 0 Å². The Hall–Kier alpha value is -3.94. The van der Waals surface area contributed by atoms with Crippen LogP contribution in [-0.2, 0) is 6.42 Å². The second-order valence-electron chi connectivity index (χ2n) is 7.00. The van der Waals surface area contributed by atoms with E-state index in [1.165, 1.54) is 6.07 Å². The molecule has 1 aromatic heterocycles. The van der Waals surface area contributed by atoms with E-state index in [0.717, 1.165) is 18.4 Å². The number of rotatable bonds is 5. The summed E-state index contributed by atoms with van der Waals surface area (Å²) >= 11 is 0. The molecular weight excluding hydrogens is 384 g/mol. The van der Waals surface area contributed by atoms with Crippen LogP contribution in [0.5, 0.6) is 11.5 Å². The van der Waals surface area contributed by atoms with Crippen LogP contribution < -0.4 is 16.2 Å². The zero-order chi connectivity index (χ0) is 21.6. The summed E-state index contributed by atoms with van der Waals surface area (Å²) in [5, 5.41) is 11.3. The molecule has 0 aliphatic carbocycles. The summed E-state index contributed by atoms with van der Waals surface area (Å²) in [5.74, 6) is -1.22. The largest absolute Gasteiger partial charge is 0.506 e. The van der Waals surface area contributed by atoms with E-state index in [1.807, 2.05) is 6.07 Å². The first kappa shape index (κ1) is 19.4. The molecule has 0 unspecified atom stereocenters. The molecule has 3 aromatic carbocycles. The van der Waals surface area contributed by atoms with Crippen LogP contribution in [0.25, 0.3) is 32.8 Å². The fourth-order valence-corrected chi connectivity index (χ4v) is 3.82. The van der Waals surface area contributed by atoms with E-state index in [1.54, 1.807) is 25.3 Å². The van der Waals surface area contributed by atoms with E-state index in [4.69, 9.17) is 16.2 Å². The third-order valence-corrected chi connectivity index (χ3v) is 5.13. The van der Waals surface area contributed by atoms with Crippen molar-refractivity contribution in [1.29, 1.82) is 0 Å². The molecule has 2 amide bonds.